The zero-order chi connectivity index (χ0) is 20.9. The molecule has 30 heavy (non-hydrogen) atoms. The summed E-state index contributed by atoms with van der Waals surface area (Å²) in [5.41, 5.74) is 5.82. The maximum absolute atomic E-state index is 13.2. The van der Waals surface area contributed by atoms with Gasteiger partial charge in [0.2, 0.25) is 0 Å². The fourth-order valence-corrected chi connectivity index (χ4v) is 3.57. The van der Waals surface area contributed by atoms with E-state index in [9.17, 15) is 4.79 Å². The van der Waals surface area contributed by atoms with Gasteiger partial charge in [0.15, 0.2) is 5.76 Å². The van der Waals surface area contributed by atoms with E-state index in [-0.39, 0.29) is 5.91 Å². The second kappa shape index (κ2) is 8.78. The maximum atomic E-state index is 13.2. The third kappa shape index (κ3) is 4.49. The number of hydrogen-bond acceptors (Lipinski definition) is 3. The smallest absolute Gasteiger partial charge is 0.254 e. The SMILES string of the molecule is Cc1ccc(-c2cc(CN(Cc3ccccc3)C(=O)c3ccccc3)no2)c(C)c1. The first kappa shape index (κ1) is 19.6. The average molecular weight is 396 g/mol. The number of benzene rings is 3. The molecular weight excluding hydrogens is 372 g/mol. The molecule has 0 aliphatic heterocycles. The van der Waals surface area contributed by atoms with Crippen molar-refractivity contribution < 1.29 is 9.32 Å². The lowest BCUT2D eigenvalue weighted by Gasteiger charge is -2.22. The lowest BCUT2D eigenvalue weighted by atomic mass is 10.0. The lowest BCUT2D eigenvalue weighted by Crippen LogP contribution is -2.30. The highest BCUT2D eigenvalue weighted by Crippen LogP contribution is 2.26. The van der Waals surface area contributed by atoms with E-state index < -0.39 is 0 Å². The third-order valence-electron chi connectivity index (χ3n) is 5.08. The van der Waals surface area contributed by atoms with Gasteiger partial charge in [0, 0.05) is 23.7 Å². The van der Waals surface area contributed by atoms with Crippen LogP contribution in [0.25, 0.3) is 11.3 Å². The molecule has 0 saturated carbocycles. The molecule has 0 fully saturated rings. The minimum Gasteiger partial charge on any atom is -0.356 e. The molecule has 0 aliphatic carbocycles. The Labute approximate surface area is 176 Å². The molecule has 0 N–H and O–H groups in total. The molecule has 150 valence electrons. The van der Waals surface area contributed by atoms with Gasteiger partial charge in [-0.1, -0.05) is 77.5 Å². The molecule has 1 amide bonds. The summed E-state index contributed by atoms with van der Waals surface area (Å²) in [4.78, 5) is 15.0. The van der Waals surface area contributed by atoms with Crippen LogP contribution in [0.1, 0.15) is 32.7 Å². The minimum atomic E-state index is -0.0319. The van der Waals surface area contributed by atoms with Gasteiger partial charge in [-0.15, -0.1) is 0 Å². The van der Waals surface area contributed by atoms with E-state index in [0.717, 1.165) is 22.4 Å². The predicted octanol–water partition coefficient (Wildman–Crippen LogP) is 5.80. The standard InChI is InChI=1S/C26H24N2O2/c1-19-13-14-24(20(2)15-19)25-16-23(27-30-25)18-28(17-21-9-5-3-6-10-21)26(29)22-11-7-4-8-12-22/h3-16H,17-18H2,1-2H3. The summed E-state index contributed by atoms with van der Waals surface area (Å²) >= 11 is 0. The molecule has 4 heteroatoms. The molecule has 1 aromatic heterocycles. The molecule has 0 spiro atoms. The van der Waals surface area contributed by atoms with E-state index in [0.29, 0.717) is 24.4 Å². The van der Waals surface area contributed by atoms with Crippen molar-refractivity contribution in [2.45, 2.75) is 26.9 Å². The van der Waals surface area contributed by atoms with E-state index in [1.54, 1.807) is 4.90 Å². The molecule has 4 rings (SSSR count). The van der Waals surface area contributed by atoms with Crippen LogP contribution in [0.3, 0.4) is 0 Å². The molecule has 0 radical (unpaired) electrons. The van der Waals surface area contributed by atoms with Crippen LogP contribution in [-0.2, 0) is 13.1 Å². The van der Waals surface area contributed by atoms with Gasteiger partial charge in [0.25, 0.3) is 5.91 Å². The Hall–Kier alpha value is -3.66. The van der Waals surface area contributed by atoms with Crippen molar-refractivity contribution >= 4 is 5.91 Å². The first-order valence-corrected chi connectivity index (χ1v) is 10.0. The second-order valence-corrected chi connectivity index (χ2v) is 7.51. The van der Waals surface area contributed by atoms with Crippen molar-refractivity contribution in [3.63, 3.8) is 0 Å². The molecule has 0 aliphatic rings. The molecule has 0 atom stereocenters. The number of aromatic nitrogens is 1. The van der Waals surface area contributed by atoms with Crippen LogP contribution in [0, 0.1) is 13.8 Å². The van der Waals surface area contributed by atoms with E-state index in [1.807, 2.05) is 72.8 Å². The normalized spacial score (nSPS) is 10.7. The zero-order valence-electron chi connectivity index (χ0n) is 17.2. The summed E-state index contributed by atoms with van der Waals surface area (Å²) in [5, 5.41) is 4.24. The van der Waals surface area contributed by atoms with Gasteiger partial charge in [0.05, 0.1) is 6.54 Å². The Morgan fingerprint density at radius 1 is 0.867 bits per heavy atom. The summed E-state index contributed by atoms with van der Waals surface area (Å²) < 4.78 is 5.62. The lowest BCUT2D eigenvalue weighted by molar-refractivity contribution is 0.0726. The van der Waals surface area contributed by atoms with Crippen LogP contribution in [0.2, 0.25) is 0 Å². The predicted molar refractivity (Wildman–Crippen MR) is 118 cm³/mol. The van der Waals surface area contributed by atoms with Crippen molar-refractivity contribution in [1.82, 2.24) is 10.1 Å². The van der Waals surface area contributed by atoms with Crippen LogP contribution in [-0.4, -0.2) is 16.0 Å². The molecule has 3 aromatic carbocycles. The number of hydrogen-bond donors (Lipinski definition) is 0. The average Bonchev–Trinajstić information content (AvgIpc) is 3.22. The van der Waals surface area contributed by atoms with Crippen molar-refractivity contribution in [3.05, 3.63) is 113 Å². The number of nitrogens with zero attached hydrogens (tertiary/aromatic N) is 2. The Balaban J connectivity index is 1.60. The van der Waals surface area contributed by atoms with Gasteiger partial charge in [-0.25, -0.2) is 0 Å². The van der Waals surface area contributed by atoms with Crippen molar-refractivity contribution in [2.75, 3.05) is 0 Å². The second-order valence-electron chi connectivity index (χ2n) is 7.51. The van der Waals surface area contributed by atoms with Gasteiger partial charge >= 0.3 is 0 Å². The van der Waals surface area contributed by atoms with Crippen LogP contribution in [0.5, 0.6) is 0 Å². The topological polar surface area (TPSA) is 46.3 Å². The monoisotopic (exact) mass is 396 g/mol. The van der Waals surface area contributed by atoms with Crippen molar-refractivity contribution in [1.29, 1.82) is 0 Å². The highest BCUT2D eigenvalue weighted by Gasteiger charge is 2.19. The van der Waals surface area contributed by atoms with Gasteiger partial charge in [0.1, 0.15) is 5.69 Å². The molecule has 4 aromatic rings. The van der Waals surface area contributed by atoms with Crippen LogP contribution >= 0.6 is 0 Å². The van der Waals surface area contributed by atoms with E-state index >= 15 is 0 Å². The fourth-order valence-electron chi connectivity index (χ4n) is 3.57. The van der Waals surface area contributed by atoms with Gasteiger partial charge < -0.3 is 9.42 Å². The highest BCUT2D eigenvalue weighted by molar-refractivity contribution is 5.94. The molecule has 0 saturated heterocycles. The minimum absolute atomic E-state index is 0.0319. The maximum Gasteiger partial charge on any atom is 0.254 e. The Morgan fingerprint density at radius 2 is 1.57 bits per heavy atom. The molecule has 1 heterocycles. The first-order valence-electron chi connectivity index (χ1n) is 10.0. The van der Waals surface area contributed by atoms with Gasteiger partial charge in [-0.3, -0.25) is 4.79 Å². The number of carbonyl (C=O) groups excluding carboxylic acids is 1. The molecule has 4 nitrogen and oxygen atoms in total. The fraction of sp³-hybridized carbons (Fsp3) is 0.154. The quantitative estimate of drug-likeness (QED) is 0.414. The molecular formula is C26H24N2O2. The van der Waals surface area contributed by atoms with Crippen LogP contribution in [0.15, 0.2) is 89.5 Å². The van der Waals surface area contributed by atoms with Gasteiger partial charge in [-0.05, 0) is 37.1 Å². The van der Waals surface area contributed by atoms with Crippen LogP contribution < -0.4 is 0 Å². The van der Waals surface area contributed by atoms with E-state index in [4.69, 9.17) is 4.52 Å². The number of rotatable bonds is 6. The van der Waals surface area contributed by atoms with E-state index in [2.05, 4.69) is 31.1 Å². The summed E-state index contributed by atoms with van der Waals surface area (Å²) in [6, 6.07) is 27.5. The first-order chi connectivity index (χ1) is 14.6. The summed E-state index contributed by atoms with van der Waals surface area (Å²) in [6.07, 6.45) is 0. The molecule has 0 bridgehead atoms. The zero-order valence-corrected chi connectivity index (χ0v) is 17.2. The summed E-state index contributed by atoms with van der Waals surface area (Å²) in [7, 11) is 0. The third-order valence-corrected chi connectivity index (χ3v) is 5.08. The number of carbonyl (C=O) groups is 1. The largest absolute Gasteiger partial charge is 0.356 e. The Bertz CT molecular complexity index is 1130. The molecule has 0 unspecified atom stereocenters. The van der Waals surface area contributed by atoms with Crippen molar-refractivity contribution in [3.8, 4) is 11.3 Å². The summed E-state index contributed by atoms with van der Waals surface area (Å²) in [5.74, 6) is 0.685. The van der Waals surface area contributed by atoms with Crippen molar-refractivity contribution in [2.24, 2.45) is 0 Å². The Kier molecular flexibility index (Phi) is 5.75. The highest BCUT2D eigenvalue weighted by atomic mass is 16.5. The number of amides is 1. The Morgan fingerprint density at radius 3 is 2.27 bits per heavy atom. The van der Waals surface area contributed by atoms with E-state index in [1.165, 1.54) is 5.56 Å². The summed E-state index contributed by atoms with van der Waals surface area (Å²) in [6.45, 7) is 5.00. The number of aryl methyl sites for hydroxylation is 2. The van der Waals surface area contributed by atoms with Gasteiger partial charge in [-0.2, -0.15) is 0 Å². The van der Waals surface area contributed by atoms with Crippen LogP contribution in [0.4, 0.5) is 0 Å².